The third-order valence-corrected chi connectivity index (χ3v) is 6.55. The number of nitrogens with zero attached hydrogens (tertiary/aromatic N) is 1. The van der Waals surface area contributed by atoms with Crippen molar-refractivity contribution in [2.24, 2.45) is 0 Å². The van der Waals surface area contributed by atoms with Gasteiger partial charge in [0, 0.05) is 38.2 Å². The number of sulfonamides is 1. The molecule has 1 aromatic carbocycles. The Hall–Kier alpha value is -0.800. The van der Waals surface area contributed by atoms with Crippen molar-refractivity contribution < 1.29 is 17.9 Å². The molecule has 0 radical (unpaired) electrons. The number of benzene rings is 1. The molecule has 2 rings (SSSR count). The summed E-state index contributed by atoms with van der Waals surface area (Å²) < 4.78 is 31.6. The average molecular weight is 379 g/mol. The van der Waals surface area contributed by atoms with E-state index in [2.05, 4.69) is 5.32 Å². The van der Waals surface area contributed by atoms with Crippen LogP contribution in [0.1, 0.15) is 10.4 Å². The average Bonchev–Trinajstić information content (AvgIpc) is 2.56. The number of carbonyl (C=O) groups excluding carboxylic acids is 1. The first-order valence-corrected chi connectivity index (χ1v) is 10.1. The van der Waals surface area contributed by atoms with Crippen molar-refractivity contribution in [2.75, 3.05) is 44.9 Å². The highest BCUT2D eigenvalue weighted by Gasteiger charge is 2.27. The third-order valence-electron chi connectivity index (χ3n) is 3.38. The number of ether oxygens (including phenoxy) is 1. The van der Waals surface area contributed by atoms with E-state index in [1.165, 1.54) is 29.6 Å². The van der Waals surface area contributed by atoms with Crippen molar-refractivity contribution in [2.45, 2.75) is 4.90 Å². The minimum atomic E-state index is -3.60. The molecule has 1 heterocycles. The molecule has 0 unspecified atom stereocenters. The first-order valence-electron chi connectivity index (χ1n) is 7.11. The van der Waals surface area contributed by atoms with Gasteiger partial charge in [-0.15, -0.1) is 0 Å². The molecule has 0 aliphatic carbocycles. The number of halogens is 1. The van der Waals surface area contributed by atoms with Crippen LogP contribution in [0.5, 0.6) is 0 Å². The summed E-state index contributed by atoms with van der Waals surface area (Å²) in [5.74, 6) is 1.13. The molecule has 1 aromatic rings. The van der Waals surface area contributed by atoms with Crippen LogP contribution in [0.4, 0.5) is 0 Å². The van der Waals surface area contributed by atoms with Gasteiger partial charge in [-0.05, 0) is 18.2 Å². The number of thioether (sulfide) groups is 1. The minimum absolute atomic E-state index is 0.0886. The van der Waals surface area contributed by atoms with Crippen LogP contribution in [-0.2, 0) is 14.8 Å². The van der Waals surface area contributed by atoms with Crippen LogP contribution in [0, 0.1) is 0 Å². The van der Waals surface area contributed by atoms with Crippen LogP contribution in [0.3, 0.4) is 0 Å². The number of rotatable bonds is 6. The highest BCUT2D eigenvalue weighted by molar-refractivity contribution is 7.99. The van der Waals surface area contributed by atoms with Gasteiger partial charge in [-0.1, -0.05) is 11.6 Å². The maximum Gasteiger partial charge on any atom is 0.252 e. The molecule has 0 aromatic heterocycles. The molecule has 1 fully saturated rings. The number of nitrogens with one attached hydrogen (secondary N) is 1. The molecule has 1 aliphatic heterocycles. The van der Waals surface area contributed by atoms with Crippen LogP contribution in [0.25, 0.3) is 0 Å². The first-order chi connectivity index (χ1) is 11.0. The molecule has 6 nitrogen and oxygen atoms in total. The lowest BCUT2D eigenvalue weighted by Crippen LogP contribution is -2.38. The summed E-state index contributed by atoms with van der Waals surface area (Å²) in [6, 6.07) is 4.21. The van der Waals surface area contributed by atoms with Crippen LogP contribution >= 0.6 is 23.4 Å². The van der Waals surface area contributed by atoms with E-state index in [-0.39, 0.29) is 15.5 Å². The lowest BCUT2D eigenvalue weighted by atomic mass is 10.2. The van der Waals surface area contributed by atoms with Crippen molar-refractivity contribution in [3.8, 4) is 0 Å². The Morgan fingerprint density at radius 3 is 2.74 bits per heavy atom. The summed E-state index contributed by atoms with van der Waals surface area (Å²) in [6.07, 6.45) is 0. The molecular formula is C14H19ClN2O4S2. The Kier molecular flexibility index (Phi) is 6.72. The standard InChI is InChI=1S/C14H19ClN2O4S2/c1-21-7-4-16-14(18)12-10-11(2-3-13(12)15)23(19,20)17-5-8-22-9-6-17/h2-3,10H,4-9H2,1H3,(H,16,18). The zero-order valence-electron chi connectivity index (χ0n) is 12.7. The molecule has 1 amide bonds. The Morgan fingerprint density at radius 2 is 2.09 bits per heavy atom. The van der Waals surface area contributed by atoms with E-state index >= 15 is 0 Å². The zero-order valence-corrected chi connectivity index (χ0v) is 15.1. The lowest BCUT2D eigenvalue weighted by molar-refractivity contribution is 0.0937. The predicted octanol–water partition coefficient (Wildman–Crippen LogP) is 1.45. The fourth-order valence-corrected chi connectivity index (χ4v) is 4.94. The van der Waals surface area contributed by atoms with Crippen molar-refractivity contribution in [1.29, 1.82) is 0 Å². The number of carbonyl (C=O) groups is 1. The summed E-state index contributed by atoms with van der Waals surface area (Å²) in [7, 11) is -2.07. The van der Waals surface area contributed by atoms with Gasteiger partial charge in [-0.25, -0.2) is 8.42 Å². The number of amides is 1. The zero-order chi connectivity index (χ0) is 16.9. The lowest BCUT2D eigenvalue weighted by Gasteiger charge is -2.25. The maximum absolute atomic E-state index is 12.7. The van der Waals surface area contributed by atoms with Gasteiger partial charge in [0.05, 0.1) is 22.1 Å². The quantitative estimate of drug-likeness (QED) is 0.758. The summed E-state index contributed by atoms with van der Waals surface area (Å²) in [6.45, 7) is 1.65. The summed E-state index contributed by atoms with van der Waals surface area (Å²) in [5.41, 5.74) is 0.148. The molecule has 0 saturated carbocycles. The second kappa shape index (κ2) is 8.34. The second-order valence-electron chi connectivity index (χ2n) is 4.91. The fourth-order valence-electron chi connectivity index (χ4n) is 2.14. The topological polar surface area (TPSA) is 75.7 Å². The van der Waals surface area contributed by atoms with E-state index in [0.717, 1.165) is 11.5 Å². The Bertz CT molecular complexity index is 661. The van der Waals surface area contributed by atoms with Crippen molar-refractivity contribution in [1.82, 2.24) is 9.62 Å². The number of hydrogen-bond acceptors (Lipinski definition) is 5. The van der Waals surface area contributed by atoms with Gasteiger partial charge in [0.2, 0.25) is 10.0 Å². The predicted molar refractivity (Wildman–Crippen MR) is 91.7 cm³/mol. The molecule has 128 valence electrons. The van der Waals surface area contributed by atoms with Crippen LogP contribution in [0.15, 0.2) is 23.1 Å². The molecule has 0 atom stereocenters. The summed E-state index contributed by atoms with van der Waals surface area (Å²) in [4.78, 5) is 12.2. The van der Waals surface area contributed by atoms with Gasteiger partial charge in [-0.2, -0.15) is 16.1 Å². The summed E-state index contributed by atoms with van der Waals surface area (Å²) >= 11 is 7.76. The third kappa shape index (κ3) is 4.60. The van der Waals surface area contributed by atoms with E-state index in [4.69, 9.17) is 16.3 Å². The van der Waals surface area contributed by atoms with E-state index in [1.807, 2.05) is 0 Å². The van der Waals surface area contributed by atoms with Gasteiger partial charge in [0.1, 0.15) is 0 Å². The molecule has 23 heavy (non-hydrogen) atoms. The van der Waals surface area contributed by atoms with Crippen LogP contribution in [0.2, 0.25) is 5.02 Å². The highest BCUT2D eigenvalue weighted by Crippen LogP contribution is 2.24. The van der Waals surface area contributed by atoms with Gasteiger partial charge >= 0.3 is 0 Å². The molecule has 1 aliphatic rings. The monoisotopic (exact) mass is 378 g/mol. The van der Waals surface area contributed by atoms with E-state index in [9.17, 15) is 13.2 Å². The second-order valence-corrected chi connectivity index (χ2v) is 8.48. The van der Waals surface area contributed by atoms with E-state index < -0.39 is 15.9 Å². The molecule has 9 heteroatoms. The van der Waals surface area contributed by atoms with Crippen molar-refractivity contribution in [3.05, 3.63) is 28.8 Å². The van der Waals surface area contributed by atoms with Gasteiger partial charge < -0.3 is 10.1 Å². The molecule has 1 N–H and O–H groups in total. The molecule has 0 bridgehead atoms. The van der Waals surface area contributed by atoms with E-state index in [0.29, 0.717) is 26.2 Å². The van der Waals surface area contributed by atoms with Crippen LogP contribution in [-0.4, -0.2) is 63.5 Å². The molecule has 0 spiro atoms. The smallest absolute Gasteiger partial charge is 0.252 e. The minimum Gasteiger partial charge on any atom is -0.383 e. The number of hydrogen-bond donors (Lipinski definition) is 1. The van der Waals surface area contributed by atoms with Gasteiger partial charge in [0.15, 0.2) is 0 Å². The fraction of sp³-hybridized carbons (Fsp3) is 0.500. The molecular weight excluding hydrogens is 360 g/mol. The number of methoxy groups -OCH3 is 1. The normalized spacial score (nSPS) is 16.3. The summed E-state index contributed by atoms with van der Waals surface area (Å²) in [5, 5.41) is 2.85. The Balaban J connectivity index is 2.23. The molecule has 1 saturated heterocycles. The van der Waals surface area contributed by atoms with Crippen molar-refractivity contribution in [3.63, 3.8) is 0 Å². The maximum atomic E-state index is 12.7. The van der Waals surface area contributed by atoms with Gasteiger partial charge in [0.25, 0.3) is 5.91 Å². The highest BCUT2D eigenvalue weighted by atomic mass is 35.5. The van der Waals surface area contributed by atoms with Gasteiger partial charge in [-0.3, -0.25) is 4.79 Å². The van der Waals surface area contributed by atoms with E-state index in [1.54, 1.807) is 11.8 Å². The SMILES string of the molecule is COCCNC(=O)c1cc(S(=O)(=O)N2CCSCC2)ccc1Cl. The first kappa shape index (κ1) is 18.5. The van der Waals surface area contributed by atoms with Crippen LogP contribution < -0.4 is 5.32 Å². The van der Waals surface area contributed by atoms with Crippen molar-refractivity contribution >= 4 is 39.3 Å². The Morgan fingerprint density at radius 1 is 1.39 bits per heavy atom. The Labute approximate surface area is 145 Å². The largest absolute Gasteiger partial charge is 0.383 e.